The fourth-order valence-corrected chi connectivity index (χ4v) is 9.27. The zero-order chi connectivity index (χ0) is 26.7. The first-order chi connectivity index (χ1) is 18.2. The summed E-state index contributed by atoms with van der Waals surface area (Å²) < 4.78 is 5.61. The molecule has 0 spiro atoms. The smallest absolute Gasteiger partial charge is 0.302 e. The average Bonchev–Trinajstić information content (AvgIpc) is 3.25. The number of ether oxygens (including phenoxy) is 1. The van der Waals surface area contributed by atoms with Gasteiger partial charge < -0.3 is 10.1 Å². The van der Waals surface area contributed by atoms with Crippen LogP contribution < -0.4 is 5.32 Å². The van der Waals surface area contributed by atoms with Gasteiger partial charge in [-0.1, -0.05) is 61.9 Å². The molecule has 202 valence electrons. The highest BCUT2D eigenvalue weighted by Crippen LogP contribution is 2.66. The fraction of sp³-hybridized carbons (Fsp3) is 0.588. The van der Waals surface area contributed by atoms with Crippen molar-refractivity contribution >= 4 is 22.6 Å². The van der Waals surface area contributed by atoms with Crippen LogP contribution in [-0.4, -0.2) is 18.0 Å². The summed E-state index contributed by atoms with van der Waals surface area (Å²) in [6.07, 6.45) is 11.1. The van der Waals surface area contributed by atoms with Crippen molar-refractivity contribution in [1.82, 2.24) is 5.32 Å². The van der Waals surface area contributed by atoms with E-state index < -0.39 is 0 Å². The lowest BCUT2D eigenvalue weighted by Gasteiger charge is -2.58. The Morgan fingerprint density at radius 2 is 1.76 bits per heavy atom. The van der Waals surface area contributed by atoms with E-state index in [-0.39, 0.29) is 40.8 Å². The second-order valence-electron chi connectivity index (χ2n) is 13.2. The normalized spacial score (nSPS) is 36.8. The number of amides is 1. The molecule has 4 heteroatoms. The Morgan fingerprint density at radius 1 is 0.974 bits per heavy atom. The summed E-state index contributed by atoms with van der Waals surface area (Å²) in [6, 6.07) is 14.9. The molecule has 0 unspecified atom stereocenters. The first-order valence-electron chi connectivity index (χ1n) is 14.8. The molecule has 6 rings (SSSR count). The number of esters is 1. The highest BCUT2D eigenvalue weighted by Gasteiger charge is 2.60. The van der Waals surface area contributed by atoms with Gasteiger partial charge in [-0.3, -0.25) is 9.59 Å². The van der Waals surface area contributed by atoms with E-state index in [2.05, 4.69) is 74.6 Å². The highest BCUT2D eigenvalue weighted by atomic mass is 16.5. The number of hydrogen-bond acceptors (Lipinski definition) is 3. The van der Waals surface area contributed by atoms with E-state index in [1.165, 1.54) is 35.3 Å². The molecule has 0 heterocycles. The lowest BCUT2D eigenvalue weighted by atomic mass is 9.47. The maximum absolute atomic E-state index is 13.8. The number of nitrogens with one attached hydrogen (secondary N) is 1. The molecule has 2 aromatic rings. The summed E-state index contributed by atoms with van der Waals surface area (Å²) in [6.45, 7) is 8.54. The van der Waals surface area contributed by atoms with E-state index in [0.717, 1.165) is 44.9 Å². The Kier molecular flexibility index (Phi) is 6.44. The zero-order valence-corrected chi connectivity index (χ0v) is 23.5. The van der Waals surface area contributed by atoms with Crippen LogP contribution in [0.4, 0.5) is 0 Å². The summed E-state index contributed by atoms with van der Waals surface area (Å²) in [5, 5.41) is 5.87. The van der Waals surface area contributed by atoms with Crippen LogP contribution in [0.3, 0.4) is 0 Å². The van der Waals surface area contributed by atoms with Crippen LogP contribution in [0.2, 0.25) is 0 Å². The second-order valence-corrected chi connectivity index (χ2v) is 13.2. The van der Waals surface area contributed by atoms with Crippen molar-refractivity contribution in [3.8, 4) is 0 Å². The topological polar surface area (TPSA) is 55.4 Å². The minimum absolute atomic E-state index is 0.00224. The van der Waals surface area contributed by atoms with Gasteiger partial charge in [-0.2, -0.15) is 0 Å². The van der Waals surface area contributed by atoms with Crippen LogP contribution in [0.5, 0.6) is 0 Å². The zero-order valence-electron chi connectivity index (χ0n) is 23.5. The largest absolute Gasteiger partial charge is 0.462 e. The third kappa shape index (κ3) is 4.19. The van der Waals surface area contributed by atoms with E-state index in [1.807, 2.05) is 0 Å². The molecule has 0 saturated heterocycles. The molecule has 8 atom stereocenters. The standard InChI is InChI=1S/C34H43NO3/c1-21(24-10-9-23-7-5-6-8-25(23)19-24)35-32(37)31-14-13-29-28-12-11-26-20-27(38-22(2)36)15-17-33(26,3)30(28)16-18-34(29,31)4/h5-11,19,21,27-31H,12-18,20H2,1-4H3,(H,35,37)/t21-,27+,28+,29+,30+,31-,33+,34+/m1/s1. The van der Waals surface area contributed by atoms with Gasteiger partial charge in [0.2, 0.25) is 5.91 Å². The first kappa shape index (κ1) is 25.6. The van der Waals surface area contributed by atoms with E-state index in [0.29, 0.717) is 17.8 Å². The predicted molar refractivity (Wildman–Crippen MR) is 151 cm³/mol. The average molecular weight is 514 g/mol. The van der Waals surface area contributed by atoms with Gasteiger partial charge in [0.1, 0.15) is 6.10 Å². The Hall–Kier alpha value is -2.62. The van der Waals surface area contributed by atoms with Gasteiger partial charge in [0, 0.05) is 19.3 Å². The molecule has 3 saturated carbocycles. The molecule has 38 heavy (non-hydrogen) atoms. The SMILES string of the molecule is CC(=O)O[C@H]1CC[C@@]2(C)C(=CC[C@H]3[C@@H]4CC[C@H](C(=O)N[C@H](C)c5ccc6ccccc6c5)[C@@]4(C)CC[C@@H]32)C1. The molecular weight excluding hydrogens is 470 g/mol. The summed E-state index contributed by atoms with van der Waals surface area (Å²) in [5.74, 6) is 2.12. The number of benzene rings is 2. The number of carbonyl (C=O) groups excluding carboxylic acids is 2. The van der Waals surface area contributed by atoms with Gasteiger partial charge in [0.05, 0.1) is 6.04 Å². The summed E-state index contributed by atoms with van der Waals surface area (Å²) >= 11 is 0. The maximum atomic E-state index is 13.8. The van der Waals surface area contributed by atoms with Crippen molar-refractivity contribution < 1.29 is 14.3 Å². The molecule has 0 radical (unpaired) electrons. The minimum Gasteiger partial charge on any atom is -0.462 e. The Bertz CT molecular complexity index is 1280. The molecule has 4 aliphatic carbocycles. The van der Waals surface area contributed by atoms with Gasteiger partial charge in [0.15, 0.2) is 0 Å². The third-order valence-corrected chi connectivity index (χ3v) is 11.3. The molecular formula is C34H43NO3. The van der Waals surface area contributed by atoms with Crippen molar-refractivity contribution in [1.29, 1.82) is 0 Å². The van der Waals surface area contributed by atoms with Gasteiger partial charge in [-0.05, 0) is 103 Å². The van der Waals surface area contributed by atoms with Crippen LogP contribution >= 0.6 is 0 Å². The van der Waals surface area contributed by atoms with Crippen LogP contribution in [0.25, 0.3) is 10.8 Å². The van der Waals surface area contributed by atoms with Crippen LogP contribution in [0.1, 0.15) is 90.7 Å². The molecule has 0 aromatic heterocycles. The first-order valence-corrected chi connectivity index (χ1v) is 14.8. The fourth-order valence-electron chi connectivity index (χ4n) is 9.27. The van der Waals surface area contributed by atoms with Crippen LogP contribution in [0, 0.1) is 34.5 Å². The molecule has 3 fully saturated rings. The van der Waals surface area contributed by atoms with Gasteiger partial charge >= 0.3 is 5.97 Å². The number of allylic oxidation sites excluding steroid dienone is 1. The molecule has 1 N–H and O–H groups in total. The summed E-state index contributed by atoms with van der Waals surface area (Å²) in [5.41, 5.74) is 2.98. The quantitative estimate of drug-likeness (QED) is 0.340. The predicted octanol–water partition coefficient (Wildman–Crippen LogP) is 7.53. The Labute approximate surface area is 227 Å². The van der Waals surface area contributed by atoms with Gasteiger partial charge in [-0.25, -0.2) is 0 Å². The van der Waals surface area contributed by atoms with Crippen molar-refractivity contribution in [2.45, 2.75) is 91.2 Å². The number of hydrogen-bond donors (Lipinski definition) is 1. The number of rotatable bonds is 4. The lowest BCUT2D eigenvalue weighted by molar-refractivity contribution is -0.149. The van der Waals surface area contributed by atoms with Crippen molar-refractivity contribution in [3.05, 3.63) is 59.7 Å². The third-order valence-electron chi connectivity index (χ3n) is 11.3. The van der Waals surface area contributed by atoms with Crippen LogP contribution in [-0.2, 0) is 14.3 Å². The number of fused-ring (bicyclic) bond motifs is 6. The van der Waals surface area contributed by atoms with Gasteiger partial charge in [-0.15, -0.1) is 0 Å². The molecule has 2 aromatic carbocycles. The van der Waals surface area contributed by atoms with Crippen LogP contribution in [0.15, 0.2) is 54.1 Å². The highest BCUT2D eigenvalue weighted by molar-refractivity contribution is 5.84. The van der Waals surface area contributed by atoms with E-state index in [4.69, 9.17) is 4.74 Å². The molecule has 0 aliphatic heterocycles. The minimum atomic E-state index is -0.161. The molecule has 4 nitrogen and oxygen atoms in total. The number of carbonyl (C=O) groups is 2. The monoisotopic (exact) mass is 513 g/mol. The second kappa shape index (κ2) is 9.54. The molecule has 0 bridgehead atoms. The van der Waals surface area contributed by atoms with E-state index in [9.17, 15) is 9.59 Å². The Morgan fingerprint density at radius 3 is 2.55 bits per heavy atom. The maximum Gasteiger partial charge on any atom is 0.302 e. The summed E-state index contributed by atoms with van der Waals surface area (Å²) in [4.78, 5) is 25.3. The van der Waals surface area contributed by atoms with Crippen molar-refractivity contribution in [2.24, 2.45) is 34.5 Å². The Balaban J connectivity index is 1.17. The van der Waals surface area contributed by atoms with Crippen molar-refractivity contribution in [2.75, 3.05) is 0 Å². The van der Waals surface area contributed by atoms with Gasteiger partial charge in [0.25, 0.3) is 0 Å². The summed E-state index contributed by atoms with van der Waals surface area (Å²) in [7, 11) is 0. The lowest BCUT2D eigenvalue weighted by Crippen LogP contribution is -2.52. The van der Waals surface area contributed by atoms with Crippen molar-refractivity contribution in [3.63, 3.8) is 0 Å². The molecule has 4 aliphatic rings. The molecule has 1 amide bonds. The van der Waals surface area contributed by atoms with E-state index in [1.54, 1.807) is 0 Å². The van der Waals surface area contributed by atoms with E-state index >= 15 is 0 Å².